The molecule has 0 amide bonds. The minimum absolute atomic E-state index is 0.209. The first kappa shape index (κ1) is 14.5. The summed E-state index contributed by atoms with van der Waals surface area (Å²) in [7, 11) is 0. The normalized spacial score (nSPS) is 11.1. The van der Waals surface area contributed by atoms with Gasteiger partial charge in [-0.05, 0) is 60.0 Å². The van der Waals surface area contributed by atoms with Crippen LogP contribution in [0.2, 0.25) is 0 Å². The SMILES string of the molecule is Cc1cc2c(cnn2-c2ccc(-c3cccc(N)c3)cc2)cc1F. The Morgan fingerprint density at radius 2 is 1.75 bits per heavy atom. The number of nitrogen functional groups attached to an aromatic ring is 1. The van der Waals surface area contributed by atoms with Crippen molar-refractivity contribution in [3.63, 3.8) is 0 Å². The molecule has 0 aliphatic heterocycles. The summed E-state index contributed by atoms with van der Waals surface area (Å²) in [6, 6.07) is 19.2. The maximum absolute atomic E-state index is 13.7. The van der Waals surface area contributed by atoms with E-state index in [0.717, 1.165) is 33.4 Å². The largest absolute Gasteiger partial charge is 0.399 e. The van der Waals surface area contributed by atoms with Crippen molar-refractivity contribution in [3.05, 3.63) is 78.2 Å². The zero-order chi connectivity index (χ0) is 16.7. The summed E-state index contributed by atoms with van der Waals surface area (Å²) in [6.45, 7) is 1.76. The minimum Gasteiger partial charge on any atom is -0.399 e. The summed E-state index contributed by atoms with van der Waals surface area (Å²) < 4.78 is 15.5. The molecular formula is C20H16FN3. The van der Waals surface area contributed by atoms with Crippen molar-refractivity contribution < 1.29 is 4.39 Å². The molecule has 118 valence electrons. The summed E-state index contributed by atoms with van der Waals surface area (Å²) in [4.78, 5) is 0. The van der Waals surface area contributed by atoms with Gasteiger partial charge in [0.25, 0.3) is 0 Å². The second-order valence-corrected chi connectivity index (χ2v) is 5.89. The minimum atomic E-state index is -0.209. The topological polar surface area (TPSA) is 43.8 Å². The lowest BCUT2D eigenvalue weighted by Gasteiger charge is -2.07. The quantitative estimate of drug-likeness (QED) is 0.544. The number of benzene rings is 3. The first-order valence-corrected chi connectivity index (χ1v) is 7.72. The van der Waals surface area contributed by atoms with E-state index in [0.29, 0.717) is 5.56 Å². The Kier molecular flexibility index (Phi) is 3.31. The molecular weight excluding hydrogens is 301 g/mol. The Bertz CT molecular complexity index is 1030. The zero-order valence-electron chi connectivity index (χ0n) is 13.2. The van der Waals surface area contributed by atoms with Crippen LogP contribution in [0.1, 0.15) is 5.56 Å². The predicted octanol–water partition coefficient (Wildman–Crippen LogP) is 4.72. The molecule has 0 unspecified atom stereocenters. The highest BCUT2D eigenvalue weighted by atomic mass is 19.1. The zero-order valence-corrected chi connectivity index (χ0v) is 13.2. The average molecular weight is 317 g/mol. The van der Waals surface area contributed by atoms with E-state index in [1.54, 1.807) is 13.1 Å². The number of hydrogen-bond acceptors (Lipinski definition) is 2. The second-order valence-electron chi connectivity index (χ2n) is 5.89. The van der Waals surface area contributed by atoms with Crippen molar-refractivity contribution in [3.8, 4) is 16.8 Å². The van der Waals surface area contributed by atoms with Gasteiger partial charge < -0.3 is 5.73 Å². The van der Waals surface area contributed by atoms with Gasteiger partial charge in [0.05, 0.1) is 17.4 Å². The number of halogens is 1. The fraction of sp³-hybridized carbons (Fsp3) is 0.0500. The molecule has 0 spiro atoms. The monoisotopic (exact) mass is 317 g/mol. The molecule has 4 rings (SSSR count). The van der Waals surface area contributed by atoms with Crippen LogP contribution in [-0.4, -0.2) is 9.78 Å². The van der Waals surface area contributed by atoms with Gasteiger partial charge in [-0.2, -0.15) is 5.10 Å². The number of aryl methyl sites for hydroxylation is 1. The van der Waals surface area contributed by atoms with Crippen LogP contribution >= 0.6 is 0 Å². The molecule has 0 radical (unpaired) electrons. The molecule has 0 fully saturated rings. The predicted molar refractivity (Wildman–Crippen MR) is 95.6 cm³/mol. The highest BCUT2D eigenvalue weighted by Crippen LogP contribution is 2.25. The van der Waals surface area contributed by atoms with Crippen molar-refractivity contribution in [2.24, 2.45) is 0 Å². The highest BCUT2D eigenvalue weighted by molar-refractivity contribution is 5.81. The van der Waals surface area contributed by atoms with Crippen molar-refractivity contribution >= 4 is 16.6 Å². The van der Waals surface area contributed by atoms with Gasteiger partial charge in [0.1, 0.15) is 5.82 Å². The Balaban J connectivity index is 1.77. The number of hydrogen-bond donors (Lipinski definition) is 1. The van der Waals surface area contributed by atoms with E-state index in [-0.39, 0.29) is 5.82 Å². The summed E-state index contributed by atoms with van der Waals surface area (Å²) >= 11 is 0. The van der Waals surface area contributed by atoms with E-state index >= 15 is 0 Å². The molecule has 1 aromatic heterocycles. The Labute approximate surface area is 139 Å². The molecule has 4 heteroatoms. The van der Waals surface area contributed by atoms with Crippen LogP contribution in [0, 0.1) is 12.7 Å². The fourth-order valence-corrected chi connectivity index (χ4v) is 2.87. The standard InChI is InChI=1S/C20H16FN3/c1-13-9-20-16(11-19(13)21)12-23-24(20)18-7-5-14(6-8-18)15-3-2-4-17(22)10-15/h2-12H,22H2,1H3. The summed E-state index contributed by atoms with van der Waals surface area (Å²) in [6.07, 6.45) is 1.68. The molecule has 2 N–H and O–H groups in total. The van der Waals surface area contributed by atoms with Crippen LogP contribution in [-0.2, 0) is 0 Å². The lowest BCUT2D eigenvalue weighted by Crippen LogP contribution is -1.96. The van der Waals surface area contributed by atoms with E-state index in [2.05, 4.69) is 5.10 Å². The van der Waals surface area contributed by atoms with E-state index in [1.165, 1.54) is 6.07 Å². The molecule has 0 atom stereocenters. The lowest BCUT2D eigenvalue weighted by molar-refractivity contribution is 0.620. The molecule has 24 heavy (non-hydrogen) atoms. The number of aromatic nitrogens is 2. The summed E-state index contributed by atoms with van der Waals surface area (Å²) in [5, 5.41) is 5.18. The van der Waals surface area contributed by atoms with Gasteiger partial charge in [0.15, 0.2) is 0 Å². The number of anilines is 1. The van der Waals surface area contributed by atoms with Gasteiger partial charge in [-0.25, -0.2) is 9.07 Å². The summed E-state index contributed by atoms with van der Waals surface area (Å²) in [5.74, 6) is -0.209. The number of fused-ring (bicyclic) bond motifs is 1. The van der Waals surface area contributed by atoms with Crippen molar-refractivity contribution in [2.75, 3.05) is 5.73 Å². The van der Waals surface area contributed by atoms with Crippen molar-refractivity contribution in [2.45, 2.75) is 6.92 Å². The molecule has 0 aliphatic rings. The van der Waals surface area contributed by atoms with Gasteiger partial charge in [-0.3, -0.25) is 0 Å². The molecule has 0 aliphatic carbocycles. The molecule has 0 saturated heterocycles. The first-order chi connectivity index (χ1) is 11.6. The molecule has 3 nitrogen and oxygen atoms in total. The molecule has 4 aromatic rings. The number of nitrogens with zero attached hydrogens (tertiary/aromatic N) is 2. The Hall–Kier alpha value is -3.14. The number of nitrogens with two attached hydrogens (primary N) is 1. The average Bonchev–Trinajstić information content (AvgIpc) is 2.98. The van der Waals surface area contributed by atoms with Crippen molar-refractivity contribution in [1.29, 1.82) is 0 Å². The van der Waals surface area contributed by atoms with E-state index in [1.807, 2.05) is 59.3 Å². The Morgan fingerprint density at radius 1 is 0.958 bits per heavy atom. The maximum Gasteiger partial charge on any atom is 0.126 e. The summed E-state index contributed by atoms with van der Waals surface area (Å²) in [5.41, 5.74) is 11.2. The molecule has 3 aromatic carbocycles. The highest BCUT2D eigenvalue weighted by Gasteiger charge is 2.08. The van der Waals surface area contributed by atoms with Crippen LogP contribution in [0.15, 0.2) is 66.9 Å². The van der Waals surface area contributed by atoms with E-state index in [9.17, 15) is 4.39 Å². The van der Waals surface area contributed by atoms with Gasteiger partial charge >= 0.3 is 0 Å². The van der Waals surface area contributed by atoms with Crippen LogP contribution in [0.25, 0.3) is 27.7 Å². The third kappa shape index (κ3) is 2.42. The second kappa shape index (κ2) is 5.49. The van der Waals surface area contributed by atoms with Crippen molar-refractivity contribution in [1.82, 2.24) is 9.78 Å². The van der Waals surface area contributed by atoms with E-state index < -0.39 is 0 Å². The third-order valence-electron chi connectivity index (χ3n) is 4.18. The lowest BCUT2D eigenvalue weighted by atomic mass is 10.0. The van der Waals surface area contributed by atoms with Crippen LogP contribution in [0.4, 0.5) is 10.1 Å². The Morgan fingerprint density at radius 3 is 2.50 bits per heavy atom. The first-order valence-electron chi connectivity index (χ1n) is 7.72. The van der Waals surface area contributed by atoms with Gasteiger partial charge in [-0.15, -0.1) is 0 Å². The molecule has 1 heterocycles. The van der Waals surface area contributed by atoms with Crippen LogP contribution in [0.5, 0.6) is 0 Å². The maximum atomic E-state index is 13.7. The molecule has 0 bridgehead atoms. The molecule has 0 saturated carbocycles. The van der Waals surface area contributed by atoms with Gasteiger partial charge in [0, 0.05) is 11.1 Å². The fourth-order valence-electron chi connectivity index (χ4n) is 2.87. The smallest absolute Gasteiger partial charge is 0.126 e. The number of rotatable bonds is 2. The van der Waals surface area contributed by atoms with Gasteiger partial charge in [-0.1, -0.05) is 24.3 Å². The van der Waals surface area contributed by atoms with Crippen LogP contribution < -0.4 is 5.73 Å². The van der Waals surface area contributed by atoms with E-state index in [4.69, 9.17) is 5.73 Å². The van der Waals surface area contributed by atoms with Crippen LogP contribution in [0.3, 0.4) is 0 Å². The van der Waals surface area contributed by atoms with Gasteiger partial charge in [0.2, 0.25) is 0 Å². The third-order valence-corrected chi connectivity index (χ3v) is 4.18.